The van der Waals surface area contributed by atoms with Crippen molar-refractivity contribution in [2.45, 2.75) is 32.1 Å². The maximum Gasteiger partial charge on any atom is 0.492 e. The number of halogens is 1. The highest BCUT2D eigenvalue weighted by atomic mass is 35.5. The fraction of sp³-hybridized carbons (Fsp3) is 0.172. The predicted octanol–water partition coefficient (Wildman–Crippen LogP) is 6.69. The molecule has 0 radical (unpaired) electrons. The average Bonchev–Trinajstić information content (AvgIpc) is 3.13. The van der Waals surface area contributed by atoms with Crippen molar-refractivity contribution in [3.63, 3.8) is 0 Å². The minimum absolute atomic E-state index is 0.311. The van der Waals surface area contributed by atoms with Crippen molar-refractivity contribution in [3.05, 3.63) is 101 Å². The van der Waals surface area contributed by atoms with Gasteiger partial charge in [0.1, 0.15) is 23.0 Å². The van der Waals surface area contributed by atoms with Crippen molar-refractivity contribution in [2.75, 3.05) is 0 Å². The molecule has 0 bridgehead atoms. The highest BCUT2D eigenvalue weighted by Crippen LogP contribution is 2.55. The first-order valence-corrected chi connectivity index (χ1v) is 12.2. The normalized spacial score (nSPS) is 13.2. The molecule has 0 heterocycles. The Kier molecular flexibility index (Phi) is 6.33. The second kappa shape index (κ2) is 9.42. The molecule has 0 saturated heterocycles. The molecule has 0 spiro atoms. The van der Waals surface area contributed by atoms with Gasteiger partial charge in [0.05, 0.1) is 5.02 Å². The molecular weight excluding hydrogens is 459 g/mol. The second-order valence-corrected chi connectivity index (χ2v) is 9.16. The molecule has 5 rings (SSSR count). The monoisotopic (exact) mass is 484 g/mol. The summed E-state index contributed by atoms with van der Waals surface area (Å²) in [6, 6.07) is 26.6. The van der Waals surface area contributed by atoms with Gasteiger partial charge in [-0.05, 0) is 77.6 Å². The quantitative estimate of drug-likeness (QED) is 0.287. The van der Waals surface area contributed by atoms with Crippen molar-refractivity contribution in [1.29, 1.82) is 0 Å². The van der Waals surface area contributed by atoms with Crippen molar-refractivity contribution < 1.29 is 19.5 Å². The third kappa shape index (κ3) is 4.10. The van der Waals surface area contributed by atoms with Crippen LogP contribution in [-0.4, -0.2) is 17.2 Å². The number of fused-ring (bicyclic) bond motifs is 3. The van der Waals surface area contributed by atoms with E-state index < -0.39 is 7.12 Å². The van der Waals surface area contributed by atoms with Crippen LogP contribution in [0.4, 0.5) is 0 Å². The number of ether oxygens (including phenoxy) is 2. The molecule has 4 aromatic rings. The Bertz CT molecular complexity index is 1350. The first kappa shape index (κ1) is 23.5. The Morgan fingerprint density at radius 3 is 1.71 bits per heavy atom. The molecule has 4 nitrogen and oxygen atoms in total. The van der Waals surface area contributed by atoms with Gasteiger partial charge in [0, 0.05) is 10.9 Å². The van der Waals surface area contributed by atoms with E-state index in [1.165, 1.54) is 0 Å². The van der Waals surface area contributed by atoms with Gasteiger partial charge < -0.3 is 19.5 Å². The summed E-state index contributed by atoms with van der Waals surface area (Å²) in [6.45, 7) is 4.29. The Hall–Kier alpha value is -3.25. The second-order valence-electron chi connectivity index (χ2n) is 8.76. The maximum absolute atomic E-state index is 10.2. The van der Waals surface area contributed by atoms with E-state index in [0.717, 1.165) is 35.1 Å². The summed E-state index contributed by atoms with van der Waals surface area (Å²) in [6.07, 6.45) is 1.66. The molecule has 35 heavy (non-hydrogen) atoms. The molecule has 0 saturated carbocycles. The van der Waals surface area contributed by atoms with Crippen molar-refractivity contribution >= 4 is 24.2 Å². The third-order valence-electron chi connectivity index (χ3n) is 6.97. The number of benzene rings is 4. The van der Waals surface area contributed by atoms with Crippen molar-refractivity contribution in [2.24, 2.45) is 0 Å². The molecule has 0 aromatic heterocycles. The minimum Gasteiger partial charge on any atom is -0.458 e. The van der Waals surface area contributed by atoms with Gasteiger partial charge in [-0.1, -0.05) is 67.9 Å². The lowest BCUT2D eigenvalue weighted by molar-refractivity contribution is 0.420. The summed E-state index contributed by atoms with van der Waals surface area (Å²) in [5.74, 6) is 2.30. The van der Waals surface area contributed by atoms with Crippen LogP contribution in [0.2, 0.25) is 5.02 Å². The molecule has 0 unspecified atom stereocenters. The molecule has 176 valence electrons. The van der Waals surface area contributed by atoms with E-state index in [0.29, 0.717) is 33.5 Å². The zero-order valence-corrected chi connectivity index (χ0v) is 20.4. The molecule has 1 aliphatic rings. The summed E-state index contributed by atoms with van der Waals surface area (Å²) in [5, 5.41) is 21.0. The molecule has 6 heteroatoms. The summed E-state index contributed by atoms with van der Waals surface area (Å²) < 4.78 is 12.2. The van der Waals surface area contributed by atoms with Gasteiger partial charge in [-0.25, -0.2) is 0 Å². The highest BCUT2D eigenvalue weighted by molar-refractivity contribution is 6.59. The van der Waals surface area contributed by atoms with Crippen LogP contribution in [0.15, 0.2) is 84.9 Å². The van der Waals surface area contributed by atoms with Gasteiger partial charge in [-0.2, -0.15) is 0 Å². The van der Waals surface area contributed by atoms with Crippen LogP contribution in [0.3, 0.4) is 0 Å². The molecule has 0 aliphatic heterocycles. The molecule has 0 amide bonds. The highest BCUT2D eigenvalue weighted by Gasteiger charge is 2.42. The zero-order valence-electron chi connectivity index (χ0n) is 19.7. The standard InChI is InChI=1S/C29H26BClO4/c1-3-29(4-2)23-17-25(30(32)33)27(34-19-11-7-5-8-12-19)15-21(23)22-16-28(26(31)18-24(22)29)35-20-13-9-6-10-14-20/h5-18,32-33H,3-4H2,1-2H3. The van der Waals surface area contributed by atoms with Gasteiger partial charge in [0.2, 0.25) is 0 Å². The zero-order chi connectivity index (χ0) is 24.6. The van der Waals surface area contributed by atoms with Crippen LogP contribution >= 0.6 is 11.6 Å². The van der Waals surface area contributed by atoms with E-state index in [-0.39, 0.29) is 5.41 Å². The van der Waals surface area contributed by atoms with Crippen molar-refractivity contribution in [1.82, 2.24) is 0 Å². The Balaban J connectivity index is 1.70. The Morgan fingerprint density at radius 2 is 1.20 bits per heavy atom. The van der Waals surface area contributed by atoms with E-state index in [1.54, 1.807) is 0 Å². The maximum atomic E-state index is 10.2. The van der Waals surface area contributed by atoms with Crippen LogP contribution < -0.4 is 14.9 Å². The average molecular weight is 485 g/mol. The summed E-state index contributed by atoms with van der Waals surface area (Å²) in [5.41, 5.74) is 4.16. The van der Waals surface area contributed by atoms with Gasteiger partial charge in [-0.15, -0.1) is 0 Å². The molecule has 1 aliphatic carbocycles. The minimum atomic E-state index is -1.67. The van der Waals surface area contributed by atoms with E-state index in [1.807, 2.05) is 84.9 Å². The first-order valence-electron chi connectivity index (χ1n) is 11.8. The van der Waals surface area contributed by atoms with Crippen LogP contribution in [0.5, 0.6) is 23.0 Å². The van der Waals surface area contributed by atoms with E-state index in [4.69, 9.17) is 21.1 Å². The molecule has 2 N–H and O–H groups in total. The van der Waals surface area contributed by atoms with E-state index in [9.17, 15) is 10.0 Å². The lowest BCUT2D eigenvalue weighted by atomic mass is 9.70. The SMILES string of the molecule is CCC1(CC)c2cc(Cl)c(Oc3ccccc3)cc2-c2cc(Oc3ccccc3)c(B(O)O)cc21. The van der Waals surface area contributed by atoms with Crippen LogP contribution in [0.25, 0.3) is 11.1 Å². The van der Waals surface area contributed by atoms with E-state index >= 15 is 0 Å². The molecule has 4 aromatic carbocycles. The number of hydrogen-bond donors (Lipinski definition) is 2. The first-order chi connectivity index (χ1) is 17.0. The molecule has 0 atom stereocenters. The predicted molar refractivity (Wildman–Crippen MR) is 141 cm³/mol. The lowest BCUT2D eigenvalue weighted by Gasteiger charge is -2.30. The fourth-order valence-corrected chi connectivity index (χ4v) is 5.35. The molecule has 0 fully saturated rings. The third-order valence-corrected chi connectivity index (χ3v) is 7.27. The summed E-state index contributed by atoms with van der Waals surface area (Å²) >= 11 is 6.73. The van der Waals surface area contributed by atoms with E-state index in [2.05, 4.69) is 13.8 Å². The smallest absolute Gasteiger partial charge is 0.458 e. The summed E-state index contributed by atoms with van der Waals surface area (Å²) in [7, 11) is -1.67. The fourth-order valence-electron chi connectivity index (χ4n) is 5.14. The molecular formula is C29H26BClO4. The lowest BCUT2D eigenvalue weighted by Crippen LogP contribution is -2.33. The van der Waals surface area contributed by atoms with Gasteiger partial charge in [0.15, 0.2) is 0 Å². The number of hydrogen-bond acceptors (Lipinski definition) is 4. The largest absolute Gasteiger partial charge is 0.492 e. The Labute approximate surface area is 210 Å². The Morgan fingerprint density at radius 1 is 0.714 bits per heavy atom. The topological polar surface area (TPSA) is 58.9 Å². The number of rotatable bonds is 7. The van der Waals surface area contributed by atoms with Crippen LogP contribution in [0, 0.1) is 0 Å². The van der Waals surface area contributed by atoms with Gasteiger partial charge >= 0.3 is 7.12 Å². The van der Waals surface area contributed by atoms with Crippen LogP contribution in [-0.2, 0) is 5.41 Å². The summed E-state index contributed by atoms with van der Waals surface area (Å²) in [4.78, 5) is 0. The van der Waals surface area contributed by atoms with Gasteiger partial charge in [0.25, 0.3) is 0 Å². The van der Waals surface area contributed by atoms with Gasteiger partial charge in [-0.3, -0.25) is 0 Å². The number of para-hydroxylation sites is 2. The van der Waals surface area contributed by atoms with Crippen molar-refractivity contribution in [3.8, 4) is 34.1 Å². The van der Waals surface area contributed by atoms with Crippen LogP contribution in [0.1, 0.15) is 37.8 Å².